The maximum Gasteiger partial charge on any atom is 0.472 e. The molecular weight excluding hydrogens is 458 g/mol. The van der Waals surface area contributed by atoms with Gasteiger partial charge in [0.25, 0.3) is 0 Å². The van der Waals surface area contributed by atoms with Crippen LogP contribution < -0.4 is 0 Å². The number of aliphatic hydroxyl groups excluding tert-OH is 2. The lowest BCUT2D eigenvalue weighted by molar-refractivity contribution is -0.225. The molecule has 0 aromatic heterocycles. The van der Waals surface area contributed by atoms with E-state index in [0.717, 1.165) is 0 Å². The molecule has 4 rings (SSSR count). The zero-order chi connectivity index (χ0) is 24.8. The van der Waals surface area contributed by atoms with E-state index in [2.05, 4.69) is 4.52 Å². The van der Waals surface area contributed by atoms with E-state index in [1.54, 1.807) is 20.8 Å². The van der Waals surface area contributed by atoms with Crippen molar-refractivity contribution in [3.63, 3.8) is 0 Å². The van der Waals surface area contributed by atoms with Gasteiger partial charge in [0.05, 0.1) is 6.10 Å². The molecule has 11 heteroatoms. The summed E-state index contributed by atoms with van der Waals surface area (Å²) in [6.07, 6.45) is 0.560. The highest BCUT2D eigenvalue weighted by atomic mass is 31.2. The number of allylic oxidation sites excluding steroid dienone is 4. The highest BCUT2D eigenvalue weighted by Gasteiger charge is 2.76. The molecule has 5 N–H and O–H groups in total. The van der Waals surface area contributed by atoms with E-state index in [-0.39, 0.29) is 25.0 Å². The third-order valence-electron chi connectivity index (χ3n) is 9.06. The van der Waals surface area contributed by atoms with Crippen molar-refractivity contribution >= 4 is 19.4 Å². The highest BCUT2D eigenvalue weighted by molar-refractivity contribution is 7.46. The number of alkyl halides is 1. The van der Waals surface area contributed by atoms with Crippen LogP contribution in [0.2, 0.25) is 0 Å². The Morgan fingerprint density at radius 2 is 1.94 bits per heavy atom. The summed E-state index contributed by atoms with van der Waals surface area (Å²) in [5.41, 5.74) is -6.51. The normalized spacial score (nSPS) is 47.9. The molecule has 0 aliphatic heterocycles. The minimum Gasteiger partial charge on any atom is -0.390 e. The van der Waals surface area contributed by atoms with Crippen LogP contribution in [0.15, 0.2) is 23.8 Å². The van der Waals surface area contributed by atoms with Crippen molar-refractivity contribution in [2.24, 2.45) is 28.6 Å². The Labute approximate surface area is 190 Å². The van der Waals surface area contributed by atoms with Crippen LogP contribution in [0.5, 0.6) is 0 Å². The molecule has 3 saturated carbocycles. The summed E-state index contributed by atoms with van der Waals surface area (Å²) < 4.78 is 32.3. The van der Waals surface area contributed by atoms with Gasteiger partial charge < -0.3 is 25.1 Å². The number of hydrogen-bond acceptors (Lipinski definition) is 7. The number of phosphoric acid groups is 1. The van der Waals surface area contributed by atoms with Crippen LogP contribution in [0.1, 0.15) is 46.5 Å². The predicted octanol–water partition coefficient (Wildman–Crippen LogP) is 1.33. The number of Topliss-reactive ketones (excluding diaryl/α,β-unsaturated/α-hetero) is 1. The molecule has 0 spiro atoms. The van der Waals surface area contributed by atoms with Crippen LogP contribution in [0, 0.1) is 28.6 Å². The van der Waals surface area contributed by atoms with E-state index >= 15 is 4.39 Å². The van der Waals surface area contributed by atoms with Gasteiger partial charge in [-0.05, 0) is 56.6 Å². The summed E-state index contributed by atoms with van der Waals surface area (Å²) in [7, 11) is -5.23. The summed E-state index contributed by atoms with van der Waals surface area (Å²) in [4.78, 5) is 43.0. The minimum absolute atomic E-state index is 0.197. The van der Waals surface area contributed by atoms with Crippen molar-refractivity contribution in [2.45, 2.75) is 70.1 Å². The Morgan fingerprint density at radius 1 is 1.30 bits per heavy atom. The summed E-state index contributed by atoms with van der Waals surface area (Å²) in [5.74, 6) is -3.73. The molecule has 0 saturated heterocycles. The fraction of sp³-hybridized carbons (Fsp3) is 0.727. The Bertz CT molecular complexity index is 1010. The summed E-state index contributed by atoms with van der Waals surface area (Å²) >= 11 is 0. The molecule has 4 aliphatic carbocycles. The van der Waals surface area contributed by atoms with Gasteiger partial charge in [0.2, 0.25) is 12.1 Å². The number of halogens is 1. The first-order chi connectivity index (χ1) is 15.0. The lowest BCUT2D eigenvalue weighted by Crippen LogP contribution is -2.69. The average Bonchev–Trinajstić information content (AvgIpc) is 2.89. The van der Waals surface area contributed by atoms with Gasteiger partial charge in [0.15, 0.2) is 11.5 Å². The van der Waals surface area contributed by atoms with Crippen LogP contribution in [-0.2, 0) is 18.7 Å². The van der Waals surface area contributed by atoms with Gasteiger partial charge in [-0.25, -0.2) is 13.5 Å². The topological polar surface area (TPSA) is 162 Å². The molecule has 9 nitrogen and oxygen atoms in total. The van der Waals surface area contributed by atoms with Crippen LogP contribution in [0.3, 0.4) is 0 Å². The Morgan fingerprint density at radius 3 is 2.55 bits per heavy atom. The maximum absolute atomic E-state index is 17.0. The smallest absolute Gasteiger partial charge is 0.390 e. The number of phosphoric ester groups is 1. The van der Waals surface area contributed by atoms with Gasteiger partial charge in [-0.3, -0.25) is 9.59 Å². The number of fused-ring (bicyclic) bond motifs is 5. The first kappa shape index (κ1) is 24.9. The molecule has 9 atom stereocenters. The Balaban J connectivity index is 1.76. The fourth-order valence-electron chi connectivity index (χ4n) is 7.44. The van der Waals surface area contributed by atoms with Crippen LogP contribution in [0.25, 0.3) is 0 Å². The lowest BCUT2D eigenvalue weighted by Gasteiger charge is -2.62. The van der Waals surface area contributed by atoms with Crippen molar-refractivity contribution in [3.8, 4) is 0 Å². The first-order valence-electron chi connectivity index (χ1n) is 11.0. The van der Waals surface area contributed by atoms with Crippen molar-refractivity contribution in [3.05, 3.63) is 23.8 Å². The zero-order valence-corrected chi connectivity index (χ0v) is 19.5. The molecule has 0 amide bonds. The largest absolute Gasteiger partial charge is 0.472 e. The quantitative estimate of drug-likeness (QED) is 0.290. The van der Waals surface area contributed by atoms with Gasteiger partial charge in [-0.2, -0.15) is 0 Å². The Kier molecular flexibility index (Phi) is 5.55. The lowest BCUT2D eigenvalue weighted by atomic mass is 9.44. The third-order valence-corrected chi connectivity index (χ3v) is 9.53. The molecule has 0 heterocycles. The first-order valence-corrected chi connectivity index (χ1v) is 12.6. The van der Waals surface area contributed by atoms with Crippen LogP contribution >= 0.6 is 7.82 Å². The van der Waals surface area contributed by atoms with E-state index in [1.807, 2.05) is 0 Å². The second-order valence-corrected chi connectivity index (χ2v) is 11.7. The second-order valence-electron chi connectivity index (χ2n) is 10.5. The molecular formula is C22H30FO9P. The van der Waals surface area contributed by atoms with E-state index in [0.29, 0.717) is 12.0 Å². The molecule has 33 heavy (non-hydrogen) atoms. The number of ketones is 2. The van der Waals surface area contributed by atoms with Crippen LogP contribution in [0.4, 0.5) is 4.39 Å². The average molecular weight is 488 g/mol. The van der Waals surface area contributed by atoms with Crippen molar-refractivity contribution in [1.29, 1.82) is 0 Å². The second kappa shape index (κ2) is 7.37. The van der Waals surface area contributed by atoms with Crippen molar-refractivity contribution in [1.82, 2.24) is 0 Å². The Hall–Kier alpha value is -1.26. The standard InChI is InChI=1S/C22H30FO9P/c1-11-8-15-14-5-4-12-9-13(24)6-7-19(12,2)21(14,23)16(25)10-20(15,3)22(11,28)17(26)18(27)32-33(29,30)31/h6-7,9,11,14-16,18,25,27-28H,4-5,8,10H2,1-3H3,(H2,29,30,31)/t11-,14?,15?,16+,18?,19+,20+,21+,22+/m1/s1. The van der Waals surface area contributed by atoms with E-state index in [1.165, 1.54) is 18.2 Å². The van der Waals surface area contributed by atoms with Gasteiger partial charge in [-0.15, -0.1) is 0 Å². The van der Waals surface area contributed by atoms with E-state index in [9.17, 15) is 29.5 Å². The molecule has 3 fully saturated rings. The zero-order valence-electron chi connectivity index (χ0n) is 18.6. The minimum atomic E-state index is -5.23. The molecule has 0 bridgehead atoms. The molecule has 4 aliphatic rings. The SMILES string of the molecule is C[C@@H]1CC2C3CCC4=CC(=O)C=C[C@]4(C)[C@@]3(F)[C@@H](O)C[C@]2(C)[C@@]1(O)C(=O)C(O)OP(=O)(O)O. The van der Waals surface area contributed by atoms with Gasteiger partial charge in [0, 0.05) is 16.7 Å². The predicted molar refractivity (Wildman–Crippen MR) is 112 cm³/mol. The number of carbonyl (C=O) groups excluding carboxylic acids is 2. The third kappa shape index (κ3) is 3.15. The van der Waals surface area contributed by atoms with Crippen molar-refractivity contribution in [2.75, 3.05) is 0 Å². The summed E-state index contributed by atoms with van der Waals surface area (Å²) in [6.45, 7) is 4.74. The van der Waals surface area contributed by atoms with Gasteiger partial charge in [0.1, 0.15) is 5.60 Å². The number of aliphatic hydroxyl groups is 3. The summed E-state index contributed by atoms with van der Waals surface area (Å²) in [5, 5.41) is 32.9. The summed E-state index contributed by atoms with van der Waals surface area (Å²) in [6, 6.07) is 0. The number of carbonyl (C=O) groups is 2. The fourth-order valence-corrected chi connectivity index (χ4v) is 7.79. The van der Waals surface area contributed by atoms with E-state index in [4.69, 9.17) is 9.79 Å². The van der Waals surface area contributed by atoms with Crippen LogP contribution in [-0.4, -0.2) is 60.3 Å². The highest BCUT2D eigenvalue weighted by Crippen LogP contribution is 2.70. The van der Waals surface area contributed by atoms with E-state index < -0.39 is 65.9 Å². The van der Waals surface area contributed by atoms with Gasteiger partial charge in [-0.1, -0.05) is 25.5 Å². The monoisotopic (exact) mass is 488 g/mol. The van der Waals surface area contributed by atoms with Gasteiger partial charge >= 0.3 is 7.82 Å². The molecule has 3 unspecified atom stereocenters. The molecule has 184 valence electrons. The number of rotatable bonds is 4. The molecule has 0 radical (unpaired) electrons. The maximum atomic E-state index is 17.0. The molecule has 0 aromatic rings. The molecule has 0 aromatic carbocycles. The number of hydrogen-bond donors (Lipinski definition) is 5. The van der Waals surface area contributed by atoms with Crippen molar-refractivity contribution < 1.29 is 48.2 Å².